The van der Waals surface area contributed by atoms with E-state index in [1.54, 1.807) is 0 Å². The number of carbonyl (C=O) groups excluding carboxylic acids is 1. The summed E-state index contributed by atoms with van der Waals surface area (Å²) in [5.41, 5.74) is 2.40. The van der Waals surface area contributed by atoms with Crippen LogP contribution in [0.25, 0.3) is 0 Å². The van der Waals surface area contributed by atoms with E-state index in [9.17, 15) is 4.79 Å². The van der Waals surface area contributed by atoms with E-state index >= 15 is 0 Å². The van der Waals surface area contributed by atoms with Gasteiger partial charge in [0.25, 0.3) is 5.91 Å². The van der Waals surface area contributed by atoms with Gasteiger partial charge in [-0.25, -0.2) is 0 Å². The molecule has 0 aromatic heterocycles. The van der Waals surface area contributed by atoms with Gasteiger partial charge in [0.15, 0.2) is 6.61 Å². The second kappa shape index (κ2) is 8.39. The van der Waals surface area contributed by atoms with Gasteiger partial charge in [0.2, 0.25) is 0 Å². The van der Waals surface area contributed by atoms with E-state index in [1.165, 1.54) is 0 Å². The van der Waals surface area contributed by atoms with Crippen molar-refractivity contribution in [1.82, 2.24) is 10.6 Å². The van der Waals surface area contributed by atoms with Crippen molar-refractivity contribution in [2.24, 2.45) is 5.41 Å². The molecular formula is C17H27ClN2O2. The van der Waals surface area contributed by atoms with E-state index < -0.39 is 0 Å². The molecule has 1 aliphatic rings. The predicted molar refractivity (Wildman–Crippen MR) is 91.9 cm³/mol. The molecule has 4 nitrogen and oxygen atoms in total. The third kappa shape index (κ3) is 5.50. The zero-order valence-electron chi connectivity index (χ0n) is 13.7. The van der Waals surface area contributed by atoms with Gasteiger partial charge in [0.05, 0.1) is 0 Å². The van der Waals surface area contributed by atoms with Crippen molar-refractivity contribution in [3.8, 4) is 5.75 Å². The molecule has 1 aromatic carbocycles. The monoisotopic (exact) mass is 326 g/mol. The third-order valence-electron chi connectivity index (χ3n) is 4.23. The van der Waals surface area contributed by atoms with Crippen molar-refractivity contribution < 1.29 is 9.53 Å². The Morgan fingerprint density at radius 3 is 2.68 bits per heavy atom. The summed E-state index contributed by atoms with van der Waals surface area (Å²) in [6.45, 7) is 9.12. The summed E-state index contributed by atoms with van der Waals surface area (Å²) in [7, 11) is 0. The second-order valence-electron chi connectivity index (χ2n) is 6.40. The highest BCUT2D eigenvalue weighted by atomic mass is 35.5. The second-order valence-corrected chi connectivity index (χ2v) is 6.40. The minimum absolute atomic E-state index is 0. The minimum Gasteiger partial charge on any atom is -0.483 e. The molecule has 1 saturated heterocycles. The van der Waals surface area contributed by atoms with Crippen LogP contribution in [-0.4, -0.2) is 32.1 Å². The molecule has 22 heavy (non-hydrogen) atoms. The normalized spacial score (nSPS) is 16.5. The van der Waals surface area contributed by atoms with E-state index in [0.29, 0.717) is 0 Å². The molecule has 1 aromatic rings. The third-order valence-corrected chi connectivity index (χ3v) is 4.23. The van der Waals surface area contributed by atoms with Gasteiger partial charge in [-0.1, -0.05) is 19.1 Å². The first-order chi connectivity index (χ1) is 9.98. The fraction of sp³-hybridized carbons (Fsp3) is 0.588. The van der Waals surface area contributed by atoms with Gasteiger partial charge in [-0.05, 0) is 62.4 Å². The first-order valence-electron chi connectivity index (χ1n) is 7.66. The number of hydrogen-bond acceptors (Lipinski definition) is 3. The van der Waals surface area contributed by atoms with Gasteiger partial charge in [-0.15, -0.1) is 12.4 Å². The lowest BCUT2D eigenvalue weighted by Crippen LogP contribution is -2.43. The van der Waals surface area contributed by atoms with E-state index in [-0.39, 0.29) is 30.3 Å². The smallest absolute Gasteiger partial charge is 0.257 e. The number of benzene rings is 1. The van der Waals surface area contributed by atoms with Crippen molar-refractivity contribution >= 4 is 18.3 Å². The van der Waals surface area contributed by atoms with Crippen LogP contribution in [0.4, 0.5) is 0 Å². The van der Waals surface area contributed by atoms with Crippen LogP contribution in [0.1, 0.15) is 30.9 Å². The highest BCUT2D eigenvalue weighted by molar-refractivity contribution is 5.85. The zero-order valence-corrected chi connectivity index (χ0v) is 14.5. The summed E-state index contributed by atoms with van der Waals surface area (Å²) in [5.74, 6) is 0.744. The number of hydrogen-bond donors (Lipinski definition) is 2. The molecule has 0 unspecified atom stereocenters. The average molecular weight is 327 g/mol. The Kier molecular flexibility index (Phi) is 7.17. The fourth-order valence-corrected chi connectivity index (χ4v) is 2.58. The van der Waals surface area contributed by atoms with Crippen LogP contribution in [0.2, 0.25) is 0 Å². The average Bonchev–Trinajstić information content (AvgIpc) is 2.47. The van der Waals surface area contributed by atoms with Crippen LogP contribution >= 0.6 is 12.4 Å². The Bertz CT molecular complexity index is 499. The molecule has 0 bridgehead atoms. The van der Waals surface area contributed by atoms with Gasteiger partial charge in [0.1, 0.15) is 5.75 Å². The van der Waals surface area contributed by atoms with Crippen LogP contribution in [-0.2, 0) is 4.79 Å². The quantitative estimate of drug-likeness (QED) is 0.874. The summed E-state index contributed by atoms with van der Waals surface area (Å²) in [6, 6.07) is 6.02. The number of ether oxygens (including phenoxy) is 1. The largest absolute Gasteiger partial charge is 0.483 e. The van der Waals surface area contributed by atoms with Crippen molar-refractivity contribution in [3.63, 3.8) is 0 Å². The van der Waals surface area contributed by atoms with E-state index in [4.69, 9.17) is 4.74 Å². The van der Waals surface area contributed by atoms with Gasteiger partial charge in [0, 0.05) is 6.54 Å². The van der Waals surface area contributed by atoms with E-state index in [0.717, 1.165) is 49.4 Å². The Labute approximate surface area is 139 Å². The molecule has 2 N–H and O–H groups in total. The van der Waals surface area contributed by atoms with Gasteiger partial charge in [-0.3, -0.25) is 4.79 Å². The summed E-state index contributed by atoms with van der Waals surface area (Å²) in [5, 5.41) is 6.35. The maximum Gasteiger partial charge on any atom is 0.257 e. The fourth-order valence-electron chi connectivity index (χ4n) is 2.58. The SMILES string of the molecule is Cc1ccc(C)c(OCC(=O)NCC2(C)CCNCC2)c1.Cl. The van der Waals surface area contributed by atoms with Crippen LogP contribution in [0, 0.1) is 19.3 Å². The number of rotatable bonds is 5. The number of amides is 1. The summed E-state index contributed by atoms with van der Waals surface area (Å²) < 4.78 is 5.63. The van der Waals surface area contributed by atoms with E-state index in [2.05, 4.69) is 17.6 Å². The maximum absolute atomic E-state index is 11.9. The highest BCUT2D eigenvalue weighted by Gasteiger charge is 2.26. The topological polar surface area (TPSA) is 50.4 Å². The molecule has 0 spiro atoms. The molecule has 1 aliphatic heterocycles. The van der Waals surface area contributed by atoms with Gasteiger partial charge >= 0.3 is 0 Å². The van der Waals surface area contributed by atoms with Crippen LogP contribution in [0.5, 0.6) is 5.75 Å². The molecule has 1 amide bonds. The Morgan fingerprint density at radius 2 is 2.00 bits per heavy atom. The molecular weight excluding hydrogens is 300 g/mol. The lowest BCUT2D eigenvalue weighted by atomic mass is 9.81. The summed E-state index contributed by atoms with van der Waals surface area (Å²) >= 11 is 0. The molecule has 0 radical (unpaired) electrons. The van der Waals surface area contributed by atoms with Gasteiger partial charge in [-0.2, -0.15) is 0 Å². The minimum atomic E-state index is -0.0457. The maximum atomic E-state index is 11.9. The van der Waals surface area contributed by atoms with Gasteiger partial charge < -0.3 is 15.4 Å². The lowest BCUT2D eigenvalue weighted by molar-refractivity contribution is -0.123. The number of carbonyl (C=O) groups is 1. The number of piperidine rings is 1. The lowest BCUT2D eigenvalue weighted by Gasteiger charge is -2.34. The number of nitrogens with one attached hydrogen (secondary N) is 2. The van der Waals surface area contributed by atoms with Crippen LogP contribution in [0.15, 0.2) is 18.2 Å². The summed E-state index contributed by atoms with van der Waals surface area (Å²) in [4.78, 5) is 11.9. The predicted octanol–water partition coefficient (Wildman–Crippen LogP) is 2.61. The van der Waals surface area contributed by atoms with Crippen molar-refractivity contribution in [1.29, 1.82) is 0 Å². The standard InChI is InChI=1S/C17H26N2O2.ClH/c1-13-4-5-14(2)15(10-13)21-11-16(20)19-12-17(3)6-8-18-9-7-17;/h4-5,10,18H,6-9,11-12H2,1-3H3,(H,19,20);1H. The molecule has 2 rings (SSSR count). The van der Waals surface area contributed by atoms with Crippen LogP contribution < -0.4 is 15.4 Å². The Morgan fingerprint density at radius 1 is 1.32 bits per heavy atom. The summed E-state index contributed by atoms with van der Waals surface area (Å²) in [6.07, 6.45) is 2.20. The zero-order chi connectivity index (χ0) is 15.3. The molecule has 1 heterocycles. The molecule has 0 atom stereocenters. The highest BCUT2D eigenvalue weighted by Crippen LogP contribution is 2.26. The first-order valence-corrected chi connectivity index (χ1v) is 7.66. The van der Waals surface area contributed by atoms with Crippen molar-refractivity contribution in [2.45, 2.75) is 33.6 Å². The van der Waals surface area contributed by atoms with Crippen molar-refractivity contribution in [2.75, 3.05) is 26.2 Å². The van der Waals surface area contributed by atoms with Crippen LogP contribution in [0.3, 0.4) is 0 Å². The van der Waals surface area contributed by atoms with E-state index in [1.807, 2.05) is 32.0 Å². The Balaban J connectivity index is 0.00000242. The number of halogens is 1. The molecule has 5 heteroatoms. The molecule has 1 fully saturated rings. The molecule has 0 saturated carbocycles. The molecule has 124 valence electrons. The number of aryl methyl sites for hydroxylation is 2. The molecule has 0 aliphatic carbocycles. The van der Waals surface area contributed by atoms with Crippen molar-refractivity contribution in [3.05, 3.63) is 29.3 Å². The Hall–Kier alpha value is -1.26. The first kappa shape index (κ1) is 18.8.